The molecule has 0 unspecified atom stereocenters. The summed E-state index contributed by atoms with van der Waals surface area (Å²) >= 11 is 0. The number of benzene rings is 2. The average molecular weight is 307 g/mol. The van der Waals surface area contributed by atoms with E-state index in [0.717, 1.165) is 0 Å². The first-order valence-electron chi connectivity index (χ1n) is 6.68. The third-order valence-electron chi connectivity index (χ3n) is 2.78. The Kier molecular flexibility index (Phi) is 5.30. The van der Waals surface area contributed by atoms with E-state index < -0.39 is 12.5 Å². The van der Waals surface area contributed by atoms with Crippen LogP contribution in [0.2, 0.25) is 0 Å². The second kappa shape index (κ2) is 7.40. The van der Waals surface area contributed by atoms with Gasteiger partial charge < -0.3 is 14.8 Å². The van der Waals surface area contributed by atoms with Crippen molar-refractivity contribution < 1.29 is 23.0 Å². The predicted molar refractivity (Wildman–Crippen MR) is 78.6 cm³/mol. The lowest BCUT2D eigenvalue weighted by Gasteiger charge is -2.13. The molecule has 22 heavy (non-hydrogen) atoms. The highest BCUT2D eigenvalue weighted by Crippen LogP contribution is 2.27. The van der Waals surface area contributed by atoms with Gasteiger partial charge in [-0.2, -0.15) is 8.78 Å². The molecule has 2 rings (SSSR count). The molecule has 116 valence electrons. The zero-order chi connectivity index (χ0) is 15.9. The van der Waals surface area contributed by atoms with Gasteiger partial charge in [-0.15, -0.1) is 0 Å². The molecule has 0 bridgehead atoms. The smallest absolute Gasteiger partial charge is 0.387 e. The van der Waals surface area contributed by atoms with E-state index in [1.807, 2.05) is 0 Å². The third kappa shape index (κ3) is 3.94. The fourth-order valence-electron chi connectivity index (χ4n) is 1.89. The molecular weight excluding hydrogens is 292 g/mol. The molecule has 0 heterocycles. The molecule has 0 aliphatic carbocycles. The van der Waals surface area contributed by atoms with E-state index in [1.165, 1.54) is 12.1 Å². The Morgan fingerprint density at radius 3 is 2.41 bits per heavy atom. The van der Waals surface area contributed by atoms with Crippen molar-refractivity contribution in [2.75, 3.05) is 11.9 Å². The van der Waals surface area contributed by atoms with Crippen molar-refractivity contribution in [1.82, 2.24) is 0 Å². The molecule has 4 nitrogen and oxygen atoms in total. The van der Waals surface area contributed by atoms with Crippen LogP contribution in [0, 0.1) is 0 Å². The maximum atomic E-state index is 12.4. The molecule has 0 aliphatic rings. The number of anilines is 1. The van der Waals surface area contributed by atoms with E-state index in [0.29, 0.717) is 17.9 Å². The minimum absolute atomic E-state index is 0.0975. The van der Waals surface area contributed by atoms with Crippen molar-refractivity contribution in [2.45, 2.75) is 13.5 Å². The number of ether oxygens (including phenoxy) is 2. The summed E-state index contributed by atoms with van der Waals surface area (Å²) in [4.78, 5) is 12.3. The van der Waals surface area contributed by atoms with Crippen LogP contribution in [0.15, 0.2) is 48.5 Å². The third-order valence-corrected chi connectivity index (χ3v) is 2.78. The Morgan fingerprint density at radius 1 is 1.09 bits per heavy atom. The SMILES string of the molecule is CCOc1ccccc1C(=O)Nc1ccccc1OC(F)F. The zero-order valence-electron chi connectivity index (χ0n) is 11.9. The first-order chi connectivity index (χ1) is 10.6. The largest absolute Gasteiger partial charge is 0.493 e. The molecule has 0 fully saturated rings. The Bertz CT molecular complexity index is 647. The van der Waals surface area contributed by atoms with Crippen molar-refractivity contribution in [2.24, 2.45) is 0 Å². The molecular formula is C16H15F2NO3. The number of hydrogen-bond acceptors (Lipinski definition) is 3. The summed E-state index contributed by atoms with van der Waals surface area (Å²) < 4.78 is 34.5. The Hall–Kier alpha value is -2.63. The molecule has 0 radical (unpaired) electrons. The second-order valence-electron chi connectivity index (χ2n) is 4.26. The molecule has 1 N–H and O–H groups in total. The lowest BCUT2D eigenvalue weighted by molar-refractivity contribution is -0.0493. The molecule has 1 amide bonds. The number of carbonyl (C=O) groups is 1. The Morgan fingerprint density at radius 2 is 1.73 bits per heavy atom. The molecule has 0 saturated heterocycles. The van der Waals surface area contributed by atoms with Crippen LogP contribution in [0.5, 0.6) is 11.5 Å². The van der Waals surface area contributed by atoms with Crippen LogP contribution in [0.4, 0.5) is 14.5 Å². The predicted octanol–water partition coefficient (Wildman–Crippen LogP) is 3.94. The van der Waals surface area contributed by atoms with Gasteiger partial charge in [0.25, 0.3) is 5.91 Å². The number of para-hydroxylation sites is 3. The average Bonchev–Trinajstić information content (AvgIpc) is 2.49. The summed E-state index contributed by atoms with van der Waals surface area (Å²) in [7, 11) is 0. The number of nitrogens with one attached hydrogen (secondary N) is 1. The van der Waals surface area contributed by atoms with Gasteiger partial charge >= 0.3 is 6.61 Å². The van der Waals surface area contributed by atoms with Crippen molar-refractivity contribution in [3.63, 3.8) is 0 Å². The summed E-state index contributed by atoms with van der Waals surface area (Å²) in [5, 5.41) is 2.55. The molecule has 2 aromatic rings. The van der Waals surface area contributed by atoms with Crippen LogP contribution >= 0.6 is 0 Å². The maximum absolute atomic E-state index is 12.4. The van der Waals surface area contributed by atoms with Crippen molar-refractivity contribution in [1.29, 1.82) is 0 Å². The Labute approximate surface area is 126 Å². The topological polar surface area (TPSA) is 47.6 Å². The van der Waals surface area contributed by atoms with Gasteiger partial charge in [0.05, 0.1) is 17.9 Å². The normalized spacial score (nSPS) is 10.4. The number of amides is 1. The van der Waals surface area contributed by atoms with E-state index in [4.69, 9.17) is 4.74 Å². The van der Waals surface area contributed by atoms with Gasteiger partial charge in [-0.25, -0.2) is 0 Å². The summed E-state index contributed by atoms with van der Waals surface area (Å²) in [5.74, 6) is -0.135. The van der Waals surface area contributed by atoms with Crippen LogP contribution in [0.1, 0.15) is 17.3 Å². The van der Waals surface area contributed by atoms with Gasteiger partial charge in [0.1, 0.15) is 11.5 Å². The van der Waals surface area contributed by atoms with Gasteiger partial charge in [0.2, 0.25) is 0 Å². The van der Waals surface area contributed by atoms with E-state index in [1.54, 1.807) is 43.3 Å². The molecule has 0 aromatic heterocycles. The molecule has 0 aliphatic heterocycles. The van der Waals surface area contributed by atoms with Gasteiger partial charge in [-0.05, 0) is 31.2 Å². The van der Waals surface area contributed by atoms with Gasteiger partial charge in [0, 0.05) is 0 Å². The first kappa shape index (κ1) is 15.8. The van der Waals surface area contributed by atoms with Crippen LogP contribution in [0.3, 0.4) is 0 Å². The summed E-state index contributed by atoms with van der Waals surface area (Å²) in [5.41, 5.74) is 0.482. The lowest BCUT2D eigenvalue weighted by Crippen LogP contribution is -2.15. The summed E-state index contributed by atoms with van der Waals surface area (Å²) in [6.07, 6.45) is 0. The molecule has 6 heteroatoms. The highest BCUT2D eigenvalue weighted by Gasteiger charge is 2.15. The van der Waals surface area contributed by atoms with Crippen molar-refractivity contribution >= 4 is 11.6 Å². The van der Waals surface area contributed by atoms with Gasteiger partial charge in [-0.3, -0.25) is 4.79 Å². The van der Waals surface area contributed by atoms with Crippen LogP contribution in [-0.2, 0) is 0 Å². The first-order valence-corrected chi connectivity index (χ1v) is 6.68. The zero-order valence-corrected chi connectivity index (χ0v) is 11.9. The summed E-state index contributed by atoms with van der Waals surface area (Å²) in [6.45, 7) is -0.746. The number of hydrogen-bond donors (Lipinski definition) is 1. The van der Waals surface area contributed by atoms with E-state index in [2.05, 4.69) is 10.1 Å². The monoisotopic (exact) mass is 307 g/mol. The summed E-state index contributed by atoms with van der Waals surface area (Å²) in [6, 6.07) is 12.7. The standard InChI is InChI=1S/C16H15F2NO3/c1-2-21-13-9-5-3-7-11(13)15(20)19-12-8-4-6-10-14(12)22-16(17)18/h3-10,16H,2H2,1H3,(H,19,20). The number of carbonyl (C=O) groups excluding carboxylic acids is 1. The molecule has 0 atom stereocenters. The molecule has 2 aromatic carbocycles. The second-order valence-corrected chi connectivity index (χ2v) is 4.26. The van der Waals surface area contributed by atoms with Crippen LogP contribution < -0.4 is 14.8 Å². The number of rotatable bonds is 6. The van der Waals surface area contributed by atoms with Crippen LogP contribution in [0.25, 0.3) is 0 Å². The minimum atomic E-state index is -2.96. The Balaban J connectivity index is 2.23. The number of halogens is 2. The fourth-order valence-corrected chi connectivity index (χ4v) is 1.89. The van der Waals surface area contributed by atoms with E-state index in [-0.39, 0.29) is 11.4 Å². The van der Waals surface area contributed by atoms with Gasteiger partial charge in [0.15, 0.2) is 0 Å². The highest BCUT2D eigenvalue weighted by atomic mass is 19.3. The quantitative estimate of drug-likeness (QED) is 0.879. The number of alkyl halides is 2. The molecule has 0 saturated carbocycles. The minimum Gasteiger partial charge on any atom is -0.493 e. The highest BCUT2D eigenvalue weighted by molar-refractivity contribution is 6.06. The fraction of sp³-hybridized carbons (Fsp3) is 0.188. The van der Waals surface area contributed by atoms with E-state index in [9.17, 15) is 13.6 Å². The van der Waals surface area contributed by atoms with E-state index >= 15 is 0 Å². The lowest BCUT2D eigenvalue weighted by atomic mass is 10.2. The van der Waals surface area contributed by atoms with Crippen molar-refractivity contribution in [3.8, 4) is 11.5 Å². The maximum Gasteiger partial charge on any atom is 0.387 e. The van der Waals surface area contributed by atoms with Crippen molar-refractivity contribution in [3.05, 3.63) is 54.1 Å². The molecule has 0 spiro atoms. The van der Waals surface area contributed by atoms with Gasteiger partial charge in [-0.1, -0.05) is 24.3 Å². The van der Waals surface area contributed by atoms with Crippen LogP contribution in [-0.4, -0.2) is 19.1 Å².